The lowest BCUT2D eigenvalue weighted by Crippen LogP contribution is -2.15. The Hall–Kier alpha value is -1.61. The molecule has 3 heteroatoms. The van der Waals surface area contributed by atoms with Crippen molar-refractivity contribution in [3.8, 4) is 0 Å². The summed E-state index contributed by atoms with van der Waals surface area (Å²) in [7, 11) is 0. The van der Waals surface area contributed by atoms with Crippen LogP contribution in [-0.4, -0.2) is 16.3 Å². The van der Waals surface area contributed by atoms with E-state index in [0.717, 1.165) is 25.3 Å². The minimum absolute atomic E-state index is 0.849. The molecule has 19 heavy (non-hydrogen) atoms. The maximum absolute atomic E-state index is 4.62. The van der Waals surface area contributed by atoms with E-state index in [1.807, 2.05) is 0 Å². The molecule has 0 spiro atoms. The molecule has 1 N–H and O–H groups in total. The van der Waals surface area contributed by atoms with E-state index >= 15 is 0 Å². The van der Waals surface area contributed by atoms with Gasteiger partial charge in [-0.05, 0) is 44.0 Å². The van der Waals surface area contributed by atoms with Gasteiger partial charge >= 0.3 is 0 Å². The lowest BCUT2D eigenvalue weighted by molar-refractivity contribution is 0.644. The van der Waals surface area contributed by atoms with Gasteiger partial charge in [-0.2, -0.15) is 5.10 Å². The third-order valence-electron chi connectivity index (χ3n) is 3.75. The summed E-state index contributed by atoms with van der Waals surface area (Å²) >= 11 is 0. The van der Waals surface area contributed by atoms with Crippen LogP contribution in [0, 0.1) is 20.8 Å². The van der Waals surface area contributed by atoms with Crippen molar-refractivity contribution in [1.29, 1.82) is 0 Å². The lowest BCUT2D eigenvalue weighted by atomic mass is 10.1. The van der Waals surface area contributed by atoms with Gasteiger partial charge in [-0.3, -0.25) is 4.68 Å². The number of nitrogens with zero attached hydrogens (tertiary/aromatic N) is 2. The van der Waals surface area contributed by atoms with Gasteiger partial charge in [0.2, 0.25) is 0 Å². The normalized spacial score (nSPS) is 10.9. The molecule has 1 aromatic heterocycles. The standard InChI is InChI=1S/C16H23N3/c1-5-17-10-15-8-6-7-9-16(15)11-19-14(4)12(2)13(3)18-19/h6-9,17H,5,10-11H2,1-4H3. The van der Waals surface area contributed by atoms with Crippen LogP contribution < -0.4 is 5.32 Å². The average molecular weight is 257 g/mol. The van der Waals surface area contributed by atoms with Gasteiger partial charge in [-0.25, -0.2) is 0 Å². The van der Waals surface area contributed by atoms with Gasteiger partial charge in [-0.1, -0.05) is 31.2 Å². The first-order chi connectivity index (χ1) is 9.13. The SMILES string of the molecule is CCNCc1ccccc1Cn1nc(C)c(C)c1C. The quantitative estimate of drug-likeness (QED) is 0.892. The van der Waals surface area contributed by atoms with Crippen LogP contribution in [0.5, 0.6) is 0 Å². The van der Waals surface area contributed by atoms with E-state index in [9.17, 15) is 0 Å². The van der Waals surface area contributed by atoms with Crippen molar-refractivity contribution in [3.63, 3.8) is 0 Å². The zero-order valence-corrected chi connectivity index (χ0v) is 12.3. The number of hydrogen-bond acceptors (Lipinski definition) is 2. The highest BCUT2D eigenvalue weighted by atomic mass is 15.3. The van der Waals surface area contributed by atoms with Crippen LogP contribution in [-0.2, 0) is 13.1 Å². The molecule has 0 radical (unpaired) electrons. The second-order valence-electron chi connectivity index (χ2n) is 5.00. The van der Waals surface area contributed by atoms with Crippen molar-refractivity contribution in [2.45, 2.75) is 40.8 Å². The molecule has 0 unspecified atom stereocenters. The molecule has 0 amide bonds. The van der Waals surface area contributed by atoms with Gasteiger partial charge in [0.25, 0.3) is 0 Å². The van der Waals surface area contributed by atoms with Crippen LogP contribution in [0.4, 0.5) is 0 Å². The van der Waals surface area contributed by atoms with E-state index in [4.69, 9.17) is 0 Å². The Morgan fingerprint density at radius 1 is 1.11 bits per heavy atom. The Kier molecular flexibility index (Phi) is 4.38. The van der Waals surface area contributed by atoms with Crippen molar-refractivity contribution in [2.24, 2.45) is 0 Å². The minimum Gasteiger partial charge on any atom is -0.313 e. The second-order valence-corrected chi connectivity index (χ2v) is 5.00. The topological polar surface area (TPSA) is 29.9 Å². The van der Waals surface area contributed by atoms with E-state index in [-0.39, 0.29) is 0 Å². The molecule has 0 aliphatic heterocycles. The molecule has 2 rings (SSSR count). The number of hydrogen-bond donors (Lipinski definition) is 1. The fourth-order valence-corrected chi connectivity index (χ4v) is 2.25. The summed E-state index contributed by atoms with van der Waals surface area (Å²) in [6.07, 6.45) is 0. The van der Waals surface area contributed by atoms with E-state index in [0.29, 0.717) is 0 Å². The van der Waals surface area contributed by atoms with Crippen LogP contribution in [0.15, 0.2) is 24.3 Å². The highest BCUT2D eigenvalue weighted by molar-refractivity contribution is 5.29. The molecule has 1 heterocycles. The zero-order chi connectivity index (χ0) is 13.8. The lowest BCUT2D eigenvalue weighted by Gasteiger charge is -2.11. The third-order valence-corrected chi connectivity index (χ3v) is 3.75. The van der Waals surface area contributed by atoms with Crippen LogP contribution in [0.1, 0.15) is 35.0 Å². The number of nitrogens with one attached hydrogen (secondary N) is 1. The molecule has 0 aliphatic carbocycles. The highest BCUT2D eigenvalue weighted by Gasteiger charge is 2.09. The first kappa shape index (κ1) is 13.8. The Morgan fingerprint density at radius 3 is 2.37 bits per heavy atom. The van der Waals surface area contributed by atoms with Gasteiger partial charge in [0.1, 0.15) is 0 Å². The molecular formula is C16H23N3. The Morgan fingerprint density at radius 2 is 1.79 bits per heavy atom. The molecule has 0 atom stereocenters. The third kappa shape index (κ3) is 3.04. The van der Waals surface area contributed by atoms with Crippen LogP contribution in [0.25, 0.3) is 0 Å². The van der Waals surface area contributed by atoms with Crippen LogP contribution >= 0.6 is 0 Å². The maximum Gasteiger partial charge on any atom is 0.0665 e. The Balaban J connectivity index is 2.25. The summed E-state index contributed by atoms with van der Waals surface area (Å²) in [5, 5.41) is 8.01. The van der Waals surface area contributed by atoms with Crippen molar-refractivity contribution in [3.05, 3.63) is 52.3 Å². The van der Waals surface area contributed by atoms with Crippen molar-refractivity contribution in [2.75, 3.05) is 6.54 Å². The summed E-state index contributed by atoms with van der Waals surface area (Å²) in [6.45, 7) is 11.2. The number of rotatable bonds is 5. The summed E-state index contributed by atoms with van der Waals surface area (Å²) < 4.78 is 2.11. The predicted molar refractivity (Wildman–Crippen MR) is 79.4 cm³/mol. The van der Waals surface area contributed by atoms with E-state index < -0.39 is 0 Å². The number of aromatic nitrogens is 2. The summed E-state index contributed by atoms with van der Waals surface area (Å²) in [5.41, 5.74) is 6.38. The van der Waals surface area contributed by atoms with E-state index in [1.54, 1.807) is 0 Å². The van der Waals surface area contributed by atoms with Gasteiger partial charge < -0.3 is 5.32 Å². The van der Waals surface area contributed by atoms with Crippen molar-refractivity contribution < 1.29 is 0 Å². The maximum atomic E-state index is 4.62. The highest BCUT2D eigenvalue weighted by Crippen LogP contribution is 2.15. The average Bonchev–Trinajstić information content (AvgIpc) is 2.65. The second kappa shape index (κ2) is 6.02. The summed E-state index contributed by atoms with van der Waals surface area (Å²) in [4.78, 5) is 0. The fraction of sp³-hybridized carbons (Fsp3) is 0.438. The van der Waals surface area contributed by atoms with Gasteiger partial charge in [-0.15, -0.1) is 0 Å². The minimum atomic E-state index is 0.849. The zero-order valence-electron chi connectivity index (χ0n) is 12.3. The summed E-state index contributed by atoms with van der Waals surface area (Å²) in [5.74, 6) is 0. The Labute approximate surface area is 115 Å². The van der Waals surface area contributed by atoms with Gasteiger partial charge in [0.05, 0.1) is 12.2 Å². The first-order valence-corrected chi connectivity index (χ1v) is 6.91. The van der Waals surface area contributed by atoms with Crippen LogP contribution in [0.3, 0.4) is 0 Å². The molecule has 1 aromatic carbocycles. The molecule has 0 saturated carbocycles. The van der Waals surface area contributed by atoms with Crippen molar-refractivity contribution >= 4 is 0 Å². The van der Waals surface area contributed by atoms with Gasteiger partial charge in [0.15, 0.2) is 0 Å². The monoisotopic (exact) mass is 257 g/mol. The predicted octanol–water partition coefficient (Wildman–Crippen LogP) is 2.97. The van der Waals surface area contributed by atoms with Gasteiger partial charge in [0, 0.05) is 12.2 Å². The molecule has 0 saturated heterocycles. The molecule has 0 bridgehead atoms. The Bertz CT molecular complexity index is 555. The molecule has 2 aromatic rings. The van der Waals surface area contributed by atoms with E-state index in [1.165, 1.54) is 22.4 Å². The fourth-order valence-electron chi connectivity index (χ4n) is 2.25. The van der Waals surface area contributed by atoms with Crippen LogP contribution in [0.2, 0.25) is 0 Å². The summed E-state index contributed by atoms with van der Waals surface area (Å²) in [6, 6.07) is 8.58. The molecule has 102 valence electrons. The number of benzene rings is 1. The largest absolute Gasteiger partial charge is 0.313 e. The molecular weight excluding hydrogens is 234 g/mol. The van der Waals surface area contributed by atoms with E-state index in [2.05, 4.69) is 67.1 Å². The molecule has 3 nitrogen and oxygen atoms in total. The molecule has 0 aliphatic rings. The number of aryl methyl sites for hydroxylation is 1. The first-order valence-electron chi connectivity index (χ1n) is 6.91. The van der Waals surface area contributed by atoms with Crippen molar-refractivity contribution in [1.82, 2.24) is 15.1 Å². The smallest absolute Gasteiger partial charge is 0.0665 e. The molecule has 0 fully saturated rings.